The van der Waals surface area contributed by atoms with Crippen LogP contribution in [-0.2, 0) is 4.74 Å². The molecule has 1 aromatic rings. The molecule has 0 saturated carbocycles. The monoisotopic (exact) mass is 283 g/mol. The minimum atomic E-state index is -2.88. The van der Waals surface area contributed by atoms with Crippen molar-refractivity contribution < 1.29 is 22.7 Å². The van der Waals surface area contributed by atoms with Gasteiger partial charge < -0.3 is 4.74 Å². The highest BCUT2D eigenvalue weighted by Crippen LogP contribution is 2.24. The normalized spacial score (nSPS) is 10.5. The van der Waals surface area contributed by atoms with E-state index in [1.54, 1.807) is 0 Å². The van der Waals surface area contributed by atoms with Crippen LogP contribution in [0.2, 0.25) is 0 Å². The Morgan fingerprint density at radius 3 is 2.67 bits per heavy atom. The first-order valence-electron chi connectivity index (χ1n) is 3.69. The van der Waals surface area contributed by atoms with Gasteiger partial charge in [-0.15, -0.1) is 0 Å². The lowest BCUT2D eigenvalue weighted by Crippen LogP contribution is -2.08. The Kier molecular flexibility index (Phi) is 3.67. The number of esters is 1. The second-order valence-corrected chi connectivity index (χ2v) is 3.24. The molecule has 0 aliphatic carbocycles. The van der Waals surface area contributed by atoms with Crippen molar-refractivity contribution in [3.05, 3.63) is 27.7 Å². The standard InChI is InChI=1S/C8H5BrF3NO2/c1-15-8(14)3-2-4(7(11)12)13-6(9)5(3)10/h2,7H,1H3. The lowest BCUT2D eigenvalue weighted by atomic mass is 10.2. The molecule has 0 aliphatic rings. The van der Waals surface area contributed by atoms with E-state index in [-0.39, 0.29) is 0 Å². The van der Waals surface area contributed by atoms with Crippen LogP contribution in [0.3, 0.4) is 0 Å². The van der Waals surface area contributed by atoms with E-state index >= 15 is 0 Å². The lowest BCUT2D eigenvalue weighted by Gasteiger charge is -2.05. The fraction of sp³-hybridized carbons (Fsp3) is 0.250. The average molecular weight is 284 g/mol. The van der Waals surface area contributed by atoms with E-state index in [0.717, 1.165) is 7.11 Å². The minimum absolute atomic E-state index is 0.444. The highest BCUT2D eigenvalue weighted by Gasteiger charge is 2.21. The molecule has 0 fully saturated rings. The van der Waals surface area contributed by atoms with E-state index in [4.69, 9.17) is 0 Å². The molecule has 0 amide bonds. The maximum Gasteiger partial charge on any atom is 0.341 e. The maximum atomic E-state index is 13.2. The van der Waals surface area contributed by atoms with Crippen LogP contribution in [0.25, 0.3) is 0 Å². The van der Waals surface area contributed by atoms with Gasteiger partial charge in [-0.2, -0.15) is 0 Å². The smallest absolute Gasteiger partial charge is 0.341 e. The van der Waals surface area contributed by atoms with Crippen molar-refractivity contribution in [1.82, 2.24) is 4.98 Å². The van der Waals surface area contributed by atoms with Crippen LogP contribution in [0.15, 0.2) is 10.7 Å². The van der Waals surface area contributed by atoms with Crippen molar-refractivity contribution in [3.63, 3.8) is 0 Å². The summed E-state index contributed by atoms with van der Waals surface area (Å²) in [6.07, 6.45) is -2.88. The van der Waals surface area contributed by atoms with Gasteiger partial charge in [-0.25, -0.2) is 22.9 Å². The number of halogens is 4. The SMILES string of the molecule is COC(=O)c1cc(C(F)F)nc(Br)c1F. The summed E-state index contributed by atoms with van der Waals surface area (Å²) in [4.78, 5) is 14.2. The molecule has 0 radical (unpaired) electrons. The number of carbonyl (C=O) groups excluding carboxylic acids is 1. The van der Waals surface area contributed by atoms with Gasteiger partial charge in [-0.1, -0.05) is 0 Å². The number of alkyl halides is 2. The summed E-state index contributed by atoms with van der Waals surface area (Å²) < 4.78 is 41.6. The summed E-state index contributed by atoms with van der Waals surface area (Å²) in [5, 5.41) is 0. The fourth-order valence-corrected chi connectivity index (χ4v) is 1.31. The van der Waals surface area contributed by atoms with Gasteiger partial charge in [0.2, 0.25) is 0 Å². The van der Waals surface area contributed by atoms with Crippen LogP contribution < -0.4 is 0 Å². The van der Waals surface area contributed by atoms with E-state index in [2.05, 4.69) is 25.7 Å². The number of ether oxygens (including phenoxy) is 1. The fourth-order valence-electron chi connectivity index (χ4n) is 0.887. The average Bonchev–Trinajstić information content (AvgIpc) is 2.20. The second kappa shape index (κ2) is 4.61. The largest absolute Gasteiger partial charge is 0.465 e. The van der Waals surface area contributed by atoms with E-state index in [0.29, 0.717) is 6.07 Å². The highest BCUT2D eigenvalue weighted by atomic mass is 79.9. The Labute approximate surface area is 91.4 Å². The van der Waals surface area contributed by atoms with Crippen LogP contribution >= 0.6 is 15.9 Å². The quantitative estimate of drug-likeness (QED) is 0.619. The predicted molar refractivity (Wildman–Crippen MR) is 48.2 cm³/mol. The van der Waals surface area contributed by atoms with Gasteiger partial charge in [-0.3, -0.25) is 0 Å². The summed E-state index contributed by atoms with van der Waals surface area (Å²) >= 11 is 2.64. The van der Waals surface area contributed by atoms with Gasteiger partial charge >= 0.3 is 5.97 Å². The second-order valence-electron chi connectivity index (χ2n) is 2.49. The third-order valence-corrected chi connectivity index (χ3v) is 2.09. The van der Waals surface area contributed by atoms with Gasteiger partial charge in [-0.05, 0) is 22.0 Å². The molecule has 7 heteroatoms. The van der Waals surface area contributed by atoms with E-state index in [1.165, 1.54) is 0 Å². The molecule has 0 saturated heterocycles. The zero-order chi connectivity index (χ0) is 11.6. The first kappa shape index (κ1) is 12.0. The maximum absolute atomic E-state index is 13.2. The predicted octanol–water partition coefficient (Wildman–Crippen LogP) is 2.71. The number of methoxy groups -OCH3 is 1. The Balaban J connectivity index is 3.31. The number of carbonyl (C=O) groups is 1. The highest BCUT2D eigenvalue weighted by molar-refractivity contribution is 9.10. The van der Waals surface area contributed by atoms with Gasteiger partial charge in [0.15, 0.2) is 5.82 Å². The molecule has 1 aromatic heterocycles. The number of aromatic nitrogens is 1. The Hall–Kier alpha value is -1.11. The molecule has 0 unspecified atom stereocenters. The molecule has 0 atom stereocenters. The van der Waals surface area contributed by atoms with Gasteiger partial charge in [0, 0.05) is 0 Å². The van der Waals surface area contributed by atoms with Crippen LogP contribution in [0.5, 0.6) is 0 Å². The van der Waals surface area contributed by atoms with Gasteiger partial charge in [0.05, 0.1) is 7.11 Å². The van der Waals surface area contributed by atoms with Crippen molar-refractivity contribution in [2.24, 2.45) is 0 Å². The molecule has 0 spiro atoms. The summed E-state index contributed by atoms with van der Waals surface area (Å²) in [6, 6.07) is 0.663. The van der Waals surface area contributed by atoms with Crippen LogP contribution in [0, 0.1) is 5.82 Å². The number of hydrogen-bond donors (Lipinski definition) is 0. The van der Waals surface area contributed by atoms with E-state index < -0.39 is 34.1 Å². The molecule has 1 rings (SSSR count). The Bertz CT molecular complexity index is 398. The summed E-state index contributed by atoms with van der Waals surface area (Å²) in [5.41, 5.74) is -1.27. The van der Waals surface area contributed by atoms with Crippen molar-refractivity contribution in [1.29, 1.82) is 0 Å². The zero-order valence-corrected chi connectivity index (χ0v) is 9.02. The first-order chi connectivity index (χ1) is 6.97. The Morgan fingerprint density at radius 2 is 2.20 bits per heavy atom. The molecule has 0 aromatic carbocycles. The minimum Gasteiger partial charge on any atom is -0.465 e. The van der Waals surface area contributed by atoms with Crippen LogP contribution in [0.4, 0.5) is 13.2 Å². The summed E-state index contributed by atoms with van der Waals surface area (Å²) in [7, 11) is 1.03. The van der Waals surface area contributed by atoms with Crippen molar-refractivity contribution >= 4 is 21.9 Å². The molecule has 0 N–H and O–H groups in total. The Morgan fingerprint density at radius 1 is 1.60 bits per heavy atom. The number of rotatable bonds is 2. The number of pyridine rings is 1. The zero-order valence-electron chi connectivity index (χ0n) is 7.43. The van der Waals surface area contributed by atoms with E-state index in [9.17, 15) is 18.0 Å². The third kappa shape index (κ3) is 2.47. The van der Waals surface area contributed by atoms with Crippen LogP contribution in [-0.4, -0.2) is 18.1 Å². The van der Waals surface area contributed by atoms with Gasteiger partial charge in [0.25, 0.3) is 6.43 Å². The topological polar surface area (TPSA) is 39.2 Å². The molecule has 15 heavy (non-hydrogen) atoms. The first-order valence-corrected chi connectivity index (χ1v) is 4.49. The van der Waals surface area contributed by atoms with Crippen molar-refractivity contribution in [2.45, 2.75) is 6.43 Å². The van der Waals surface area contributed by atoms with E-state index in [1.807, 2.05) is 0 Å². The van der Waals surface area contributed by atoms with Crippen molar-refractivity contribution in [2.75, 3.05) is 7.11 Å². The molecular formula is C8H5BrF3NO2. The number of nitrogens with zero attached hydrogens (tertiary/aromatic N) is 1. The molecular weight excluding hydrogens is 279 g/mol. The summed E-state index contributed by atoms with van der Waals surface area (Å²) in [6.45, 7) is 0. The van der Waals surface area contributed by atoms with Gasteiger partial charge in [0.1, 0.15) is 15.9 Å². The molecule has 1 heterocycles. The molecule has 82 valence electrons. The molecule has 0 aliphatic heterocycles. The van der Waals surface area contributed by atoms with Crippen molar-refractivity contribution in [3.8, 4) is 0 Å². The van der Waals surface area contributed by atoms with Crippen LogP contribution in [0.1, 0.15) is 22.5 Å². The molecule has 3 nitrogen and oxygen atoms in total. The lowest BCUT2D eigenvalue weighted by molar-refractivity contribution is 0.0594. The third-order valence-electron chi connectivity index (χ3n) is 1.57. The number of hydrogen-bond acceptors (Lipinski definition) is 3. The molecule has 0 bridgehead atoms. The summed E-state index contributed by atoms with van der Waals surface area (Å²) in [5.74, 6) is -2.05.